The van der Waals surface area contributed by atoms with Crippen LogP contribution < -0.4 is 19.7 Å². The average Bonchev–Trinajstić information content (AvgIpc) is 3.05. The van der Waals surface area contributed by atoms with E-state index in [4.69, 9.17) is 9.47 Å². The minimum atomic E-state index is -0.169. The molecule has 1 aliphatic rings. The second-order valence-electron chi connectivity index (χ2n) is 6.30. The standard InChI is InChI=1S/C20H21BrN2O4/c1-12(24)23-7-6-14-10-15(21)11-16(20(14)23)22-19(25)9-13-4-5-17(26-2)18(8-13)27-3/h4-5,8,10-11H,6-7,9H2,1-3H3,(H,22,25). The number of amides is 2. The van der Waals surface area contributed by atoms with Crippen LogP contribution >= 0.6 is 15.9 Å². The Labute approximate surface area is 166 Å². The van der Waals surface area contributed by atoms with Crippen LogP contribution in [0, 0.1) is 0 Å². The Kier molecular flexibility index (Phi) is 5.70. The Morgan fingerprint density at radius 2 is 1.89 bits per heavy atom. The number of carbonyl (C=O) groups excluding carboxylic acids is 2. The topological polar surface area (TPSA) is 67.9 Å². The van der Waals surface area contributed by atoms with Crippen molar-refractivity contribution in [2.75, 3.05) is 31.0 Å². The van der Waals surface area contributed by atoms with Gasteiger partial charge < -0.3 is 19.7 Å². The summed E-state index contributed by atoms with van der Waals surface area (Å²) in [4.78, 5) is 26.3. The quantitative estimate of drug-likeness (QED) is 0.783. The van der Waals surface area contributed by atoms with E-state index < -0.39 is 0 Å². The first-order valence-corrected chi connectivity index (χ1v) is 9.33. The maximum absolute atomic E-state index is 12.6. The molecule has 0 unspecified atom stereocenters. The molecule has 2 amide bonds. The fourth-order valence-electron chi connectivity index (χ4n) is 3.29. The molecule has 142 valence electrons. The first-order valence-electron chi connectivity index (χ1n) is 8.54. The lowest BCUT2D eigenvalue weighted by Gasteiger charge is -2.19. The van der Waals surface area contributed by atoms with Crippen molar-refractivity contribution in [1.82, 2.24) is 0 Å². The van der Waals surface area contributed by atoms with E-state index in [1.807, 2.05) is 18.2 Å². The van der Waals surface area contributed by atoms with Gasteiger partial charge in [0.25, 0.3) is 0 Å². The van der Waals surface area contributed by atoms with Gasteiger partial charge in [-0.3, -0.25) is 9.59 Å². The van der Waals surface area contributed by atoms with E-state index in [0.29, 0.717) is 23.7 Å². The first-order chi connectivity index (χ1) is 12.9. The zero-order chi connectivity index (χ0) is 19.6. The highest BCUT2D eigenvalue weighted by Crippen LogP contribution is 2.38. The molecule has 27 heavy (non-hydrogen) atoms. The molecule has 0 spiro atoms. The summed E-state index contributed by atoms with van der Waals surface area (Å²) in [6.07, 6.45) is 0.953. The fourth-order valence-corrected chi connectivity index (χ4v) is 3.79. The molecule has 6 nitrogen and oxygen atoms in total. The van der Waals surface area contributed by atoms with E-state index in [-0.39, 0.29) is 18.2 Å². The Morgan fingerprint density at radius 1 is 1.15 bits per heavy atom. The Bertz CT molecular complexity index is 898. The summed E-state index contributed by atoms with van der Waals surface area (Å²) in [5.41, 5.74) is 3.27. The van der Waals surface area contributed by atoms with Crippen LogP contribution in [0.2, 0.25) is 0 Å². The summed E-state index contributed by atoms with van der Waals surface area (Å²) in [6, 6.07) is 9.20. The van der Waals surface area contributed by atoms with Gasteiger partial charge in [-0.25, -0.2) is 0 Å². The third kappa shape index (κ3) is 4.08. The van der Waals surface area contributed by atoms with Crippen molar-refractivity contribution in [3.8, 4) is 11.5 Å². The lowest BCUT2D eigenvalue weighted by atomic mass is 10.1. The first kappa shape index (κ1) is 19.2. The van der Waals surface area contributed by atoms with Crippen LogP contribution in [0.25, 0.3) is 0 Å². The molecule has 3 rings (SSSR count). The van der Waals surface area contributed by atoms with Crippen molar-refractivity contribution >= 4 is 39.1 Å². The van der Waals surface area contributed by atoms with Gasteiger partial charge >= 0.3 is 0 Å². The van der Waals surface area contributed by atoms with Gasteiger partial charge in [-0.1, -0.05) is 22.0 Å². The van der Waals surface area contributed by atoms with Crippen LogP contribution in [-0.4, -0.2) is 32.6 Å². The SMILES string of the molecule is COc1ccc(CC(=O)Nc2cc(Br)cc3c2N(C(C)=O)CC3)cc1OC. The minimum Gasteiger partial charge on any atom is -0.493 e. The van der Waals surface area contributed by atoms with Gasteiger partial charge in [-0.2, -0.15) is 0 Å². The number of hydrogen-bond acceptors (Lipinski definition) is 4. The molecular formula is C20H21BrN2O4. The number of halogens is 1. The smallest absolute Gasteiger partial charge is 0.228 e. The summed E-state index contributed by atoms with van der Waals surface area (Å²) in [6.45, 7) is 2.16. The summed E-state index contributed by atoms with van der Waals surface area (Å²) < 4.78 is 11.4. The molecule has 0 atom stereocenters. The molecule has 0 radical (unpaired) electrons. The second kappa shape index (κ2) is 8.00. The second-order valence-corrected chi connectivity index (χ2v) is 7.21. The van der Waals surface area contributed by atoms with Gasteiger partial charge in [0, 0.05) is 17.9 Å². The minimum absolute atomic E-state index is 0.0357. The number of fused-ring (bicyclic) bond motifs is 1. The number of methoxy groups -OCH3 is 2. The lowest BCUT2D eigenvalue weighted by molar-refractivity contribution is -0.117. The van der Waals surface area contributed by atoms with Gasteiger partial charge in [0.2, 0.25) is 11.8 Å². The maximum atomic E-state index is 12.6. The van der Waals surface area contributed by atoms with Crippen molar-refractivity contribution in [1.29, 1.82) is 0 Å². The van der Waals surface area contributed by atoms with E-state index in [0.717, 1.165) is 27.7 Å². The van der Waals surface area contributed by atoms with E-state index >= 15 is 0 Å². The van der Waals surface area contributed by atoms with Crippen LogP contribution in [0.3, 0.4) is 0 Å². The number of ether oxygens (including phenoxy) is 2. The van der Waals surface area contributed by atoms with Gasteiger partial charge in [0.1, 0.15) is 0 Å². The van der Waals surface area contributed by atoms with E-state index in [1.54, 1.807) is 31.3 Å². The molecule has 0 aromatic heterocycles. The van der Waals surface area contributed by atoms with Crippen LogP contribution in [-0.2, 0) is 22.4 Å². The highest BCUT2D eigenvalue weighted by Gasteiger charge is 2.26. The number of nitrogens with zero attached hydrogens (tertiary/aromatic N) is 1. The highest BCUT2D eigenvalue weighted by molar-refractivity contribution is 9.10. The molecule has 2 aromatic carbocycles. The van der Waals surface area contributed by atoms with Crippen LogP contribution in [0.4, 0.5) is 11.4 Å². The predicted octanol–water partition coefficient (Wildman–Crippen LogP) is 3.56. The molecule has 7 heteroatoms. The molecule has 0 aliphatic carbocycles. The van der Waals surface area contributed by atoms with Crippen molar-refractivity contribution in [2.24, 2.45) is 0 Å². The number of hydrogen-bond donors (Lipinski definition) is 1. The largest absolute Gasteiger partial charge is 0.493 e. The molecule has 1 aliphatic heterocycles. The summed E-state index contributed by atoms with van der Waals surface area (Å²) >= 11 is 3.48. The van der Waals surface area contributed by atoms with Crippen molar-refractivity contribution in [3.63, 3.8) is 0 Å². The molecular weight excluding hydrogens is 412 g/mol. The third-order valence-electron chi connectivity index (χ3n) is 4.50. The van der Waals surface area contributed by atoms with Crippen LogP contribution in [0.5, 0.6) is 11.5 Å². The van der Waals surface area contributed by atoms with Crippen LogP contribution in [0.15, 0.2) is 34.8 Å². The zero-order valence-corrected chi connectivity index (χ0v) is 17.1. The van der Waals surface area contributed by atoms with Gasteiger partial charge in [0.15, 0.2) is 11.5 Å². The van der Waals surface area contributed by atoms with Gasteiger partial charge in [0.05, 0.1) is 32.0 Å². The van der Waals surface area contributed by atoms with Gasteiger partial charge in [-0.05, 0) is 41.8 Å². The predicted molar refractivity (Wildman–Crippen MR) is 108 cm³/mol. The third-order valence-corrected chi connectivity index (χ3v) is 4.95. The number of carbonyl (C=O) groups is 2. The van der Waals surface area contributed by atoms with Crippen molar-refractivity contribution < 1.29 is 19.1 Å². The normalized spacial score (nSPS) is 12.5. The highest BCUT2D eigenvalue weighted by atomic mass is 79.9. The number of benzene rings is 2. The Hall–Kier alpha value is -2.54. The molecule has 0 saturated carbocycles. The summed E-state index contributed by atoms with van der Waals surface area (Å²) in [5.74, 6) is 0.988. The monoisotopic (exact) mass is 432 g/mol. The molecule has 2 aromatic rings. The number of anilines is 2. The Morgan fingerprint density at radius 3 is 2.56 bits per heavy atom. The summed E-state index contributed by atoms with van der Waals surface area (Å²) in [5, 5.41) is 2.95. The lowest BCUT2D eigenvalue weighted by Crippen LogP contribution is -2.27. The van der Waals surface area contributed by atoms with E-state index in [9.17, 15) is 9.59 Å². The van der Waals surface area contributed by atoms with E-state index in [2.05, 4.69) is 21.2 Å². The van der Waals surface area contributed by atoms with Crippen LogP contribution in [0.1, 0.15) is 18.1 Å². The molecule has 0 bridgehead atoms. The molecule has 0 fully saturated rings. The zero-order valence-electron chi connectivity index (χ0n) is 15.5. The van der Waals surface area contributed by atoms with Gasteiger partial charge in [-0.15, -0.1) is 0 Å². The summed E-state index contributed by atoms with van der Waals surface area (Å²) in [7, 11) is 3.13. The molecule has 1 heterocycles. The fraction of sp³-hybridized carbons (Fsp3) is 0.300. The molecule has 1 N–H and O–H groups in total. The average molecular weight is 433 g/mol. The number of rotatable bonds is 5. The van der Waals surface area contributed by atoms with E-state index in [1.165, 1.54) is 6.92 Å². The van der Waals surface area contributed by atoms with Crippen molar-refractivity contribution in [2.45, 2.75) is 19.8 Å². The van der Waals surface area contributed by atoms with Crippen molar-refractivity contribution in [3.05, 3.63) is 45.9 Å². The number of nitrogens with one attached hydrogen (secondary N) is 1. The maximum Gasteiger partial charge on any atom is 0.228 e. The Balaban J connectivity index is 1.82. The molecule has 0 saturated heterocycles.